The normalized spacial score (nSPS) is 33.3. The molecule has 5 rings (SSSR count). The molecule has 1 aromatic carbocycles. The molecule has 4 aliphatic heterocycles. The second kappa shape index (κ2) is 12.2. The van der Waals surface area contributed by atoms with Gasteiger partial charge in [-0.2, -0.15) is 0 Å². The first kappa shape index (κ1) is 30.9. The summed E-state index contributed by atoms with van der Waals surface area (Å²) in [4.78, 5) is 58.7. The fourth-order valence-corrected chi connectivity index (χ4v) is 6.97. The van der Waals surface area contributed by atoms with E-state index < -0.39 is 53.6 Å². The Kier molecular flexibility index (Phi) is 8.81. The van der Waals surface area contributed by atoms with Crippen LogP contribution in [-0.4, -0.2) is 83.3 Å². The van der Waals surface area contributed by atoms with Crippen LogP contribution in [-0.2, 0) is 28.7 Å². The second-order valence-electron chi connectivity index (χ2n) is 12.4. The van der Waals surface area contributed by atoms with Crippen molar-refractivity contribution in [1.82, 2.24) is 10.2 Å². The molecule has 0 aliphatic carbocycles. The van der Waals surface area contributed by atoms with Crippen molar-refractivity contribution in [3.05, 3.63) is 53.6 Å². The van der Waals surface area contributed by atoms with Gasteiger partial charge >= 0.3 is 5.97 Å². The van der Waals surface area contributed by atoms with Crippen molar-refractivity contribution < 1.29 is 33.8 Å². The number of aryl methyl sites for hydroxylation is 2. The lowest BCUT2D eigenvalue weighted by Crippen LogP contribution is -2.59. The van der Waals surface area contributed by atoms with Crippen LogP contribution in [0.1, 0.15) is 51.2 Å². The molecule has 2 fully saturated rings. The molecule has 4 heterocycles. The van der Waals surface area contributed by atoms with E-state index in [4.69, 9.17) is 9.47 Å². The number of amides is 3. The third-order valence-corrected chi connectivity index (χ3v) is 9.48. The number of rotatable bonds is 5. The van der Waals surface area contributed by atoms with Crippen LogP contribution in [0.15, 0.2) is 42.5 Å². The Labute approximate surface area is 253 Å². The molecule has 4 aliphatic rings. The summed E-state index contributed by atoms with van der Waals surface area (Å²) in [5.74, 6) is -3.61. The molecule has 0 unspecified atom stereocenters. The summed E-state index contributed by atoms with van der Waals surface area (Å²) >= 11 is 0. The smallest absolute Gasteiger partial charge is 0.313 e. The Balaban J connectivity index is 1.67. The van der Waals surface area contributed by atoms with Gasteiger partial charge in [0, 0.05) is 18.7 Å². The van der Waals surface area contributed by atoms with E-state index in [1.54, 1.807) is 24.0 Å². The van der Waals surface area contributed by atoms with Gasteiger partial charge in [-0.25, -0.2) is 0 Å². The van der Waals surface area contributed by atoms with Gasteiger partial charge in [0.15, 0.2) is 0 Å². The number of carbonyl (C=O) groups is 4. The highest BCUT2D eigenvalue weighted by molar-refractivity contribution is 6.05. The molecule has 2 N–H and O–H groups in total. The number of benzene rings is 1. The Morgan fingerprint density at radius 2 is 1.91 bits per heavy atom. The van der Waals surface area contributed by atoms with Crippen LogP contribution in [0.25, 0.3) is 0 Å². The van der Waals surface area contributed by atoms with Crippen LogP contribution in [0.2, 0.25) is 0 Å². The molecule has 8 atom stereocenters. The first-order valence-electron chi connectivity index (χ1n) is 15.3. The first-order chi connectivity index (χ1) is 20.5. The van der Waals surface area contributed by atoms with Gasteiger partial charge in [-0.1, -0.05) is 56.7 Å². The van der Waals surface area contributed by atoms with E-state index in [9.17, 15) is 24.3 Å². The summed E-state index contributed by atoms with van der Waals surface area (Å²) in [6, 6.07) is 4.10. The molecule has 232 valence electrons. The van der Waals surface area contributed by atoms with Crippen LogP contribution in [0.3, 0.4) is 0 Å². The maximum atomic E-state index is 15.0. The van der Waals surface area contributed by atoms with Gasteiger partial charge in [0.2, 0.25) is 11.8 Å². The third kappa shape index (κ3) is 5.40. The molecule has 2 saturated heterocycles. The monoisotopic (exact) mass is 593 g/mol. The molecule has 43 heavy (non-hydrogen) atoms. The zero-order chi connectivity index (χ0) is 31.1. The quantitative estimate of drug-likeness (QED) is 0.397. The van der Waals surface area contributed by atoms with Crippen LogP contribution in [0.4, 0.5) is 5.69 Å². The number of cyclic esters (lactones) is 1. The standard InChI is InChI=1S/C33H43N3O7/c1-6-20(3)24(18-37)36-29-31(40)35(23-16-19(2)11-12-21(23)4)15-9-7-8-10-26(38)34-17-22(5)42-32(41)27-25-13-14-33(29,43-25)28(27)30(36)39/h7,9,11-14,16,20,22,24-25,27-29,37H,6,8,10,15,17-18H2,1-5H3,(H,34,38)/b9-7-/t20-,22-,24-,25+,27-,28-,29+,33-/m0/s1. The minimum Gasteiger partial charge on any atom is -0.460 e. The molecule has 0 aromatic heterocycles. The van der Waals surface area contributed by atoms with Crippen molar-refractivity contribution in [3.8, 4) is 0 Å². The van der Waals surface area contributed by atoms with Gasteiger partial charge in [-0.05, 0) is 50.3 Å². The Hall–Kier alpha value is -3.50. The van der Waals surface area contributed by atoms with Crippen LogP contribution >= 0.6 is 0 Å². The average molecular weight is 594 g/mol. The highest BCUT2D eigenvalue weighted by Crippen LogP contribution is 2.56. The van der Waals surface area contributed by atoms with Gasteiger partial charge in [-0.15, -0.1) is 0 Å². The lowest BCUT2D eigenvalue weighted by molar-refractivity contribution is -0.159. The lowest BCUT2D eigenvalue weighted by atomic mass is 9.74. The van der Waals surface area contributed by atoms with Gasteiger partial charge in [0.25, 0.3) is 5.91 Å². The number of nitrogens with zero attached hydrogens (tertiary/aromatic N) is 2. The third-order valence-electron chi connectivity index (χ3n) is 9.48. The molecule has 3 amide bonds. The summed E-state index contributed by atoms with van der Waals surface area (Å²) in [7, 11) is 0. The number of aliphatic hydroxyl groups excluding tert-OH is 1. The topological polar surface area (TPSA) is 125 Å². The Morgan fingerprint density at radius 3 is 2.63 bits per heavy atom. The number of fused-ring (bicyclic) bond motifs is 2. The number of aliphatic hydroxyl groups is 1. The zero-order valence-electron chi connectivity index (χ0n) is 25.6. The van der Waals surface area contributed by atoms with E-state index in [0.717, 1.165) is 11.1 Å². The molecule has 5 bridgehead atoms. The van der Waals surface area contributed by atoms with E-state index in [0.29, 0.717) is 18.5 Å². The predicted molar refractivity (Wildman–Crippen MR) is 160 cm³/mol. The number of nitrogens with one attached hydrogen (secondary N) is 1. The highest BCUT2D eigenvalue weighted by Gasteiger charge is 2.74. The van der Waals surface area contributed by atoms with Crippen molar-refractivity contribution in [2.45, 2.75) is 83.8 Å². The maximum absolute atomic E-state index is 15.0. The number of carbonyl (C=O) groups excluding carboxylic acids is 4. The summed E-state index contributed by atoms with van der Waals surface area (Å²) in [5.41, 5.74) is 1.15. The predicted octanol–water partition coefficient (Wildman–Crippen LogP) is 2.59. The number of allylic oxidation sites excluding steroid dienone is 1. The molecule has 0 radical (unpaired) electrons. The molecular formula is C33H43N3O7. The Morgan fingerprint density at radius 1 is 1.14 bits per heavy atom. The van der Waals surface area contributed by atoms with Crippen molar-refractivity contribution in [2.24, 2.45) is 17.8 Å². The molecule has 1 aromatic rings. The number of ether oxygens (including phenoxy) is 2. The van der Waals surface area contributed by atoms with Gasteiger partial charge < -0.3 is 29.7 Å². The second-order valence-corrected chi connectivity index (χ2v) is 12.4. The van der Waals surface area contributed by atoms with E-state index in [2.05, 4.69) is 5.32 Å². The van der Waals surface area contributed by atoms with E-state index in [-0.39, 0.29) is 43.8 Å². The number of anilines is 1. The van der Waals surface area contributed by atoms with E-state index in [1.807, 2.05) is 58.0 Å². The minimum atomic E-state index is -1.39. The number of hydrogen-bond donors (Lipinski definition) is 2. The van der Waals surface area contributed by atoms with Crippen molar-refractivity contribution in [3.63, 3.8) is 0 Å². The van der Waals surface area contributed by atoms with Crippen molar-refractivity contribution >= 4 is 29.4 Å². The zero-order valence-corrected chi connectivity index (χ0v) is 25.6. The summed E-state index contributed by atoms with van der Waals surface area (Å²) in [6.45, 7) is 9.49. The highest BCUT2D eigenvalue weighted by atomic mass is 16.6. The molecule has 0 saturated carbocycles. The number of hydrogen-bond acceptors (Lipinski definition) is 7. The fourth-order valence-electron chi connectivity index (χ4n) is 6.97. The van der Waals surface area contributed by atoms with Crippen LogP contribution < -0.4 is 10.2 Å². The van der Waals surface area contributed by atoms with Crippen LogP contribution in [0.5, 0.6) is 0 Å². The summed E-state index contributed by atoms with van der Waals surface area (Å²) in [5, 5.41) is 13.4. The SMILES string of the molecule is CC[C@H](C)[C@H](CO)N1C(=O)[C@@H]2[C@H]3C(=O)O[C@@H](C)CNC(=O)CC/C=C\CN(c4cc(C)ccc4C)C(=O)[C@@H]1[C@]21C=C[C@H]3O1. The fraction of sp³-hybridized carbons (Fsp3) is 0.576. The first-order valence-corrected chi connectivity index (χ1v) is 15.3. The Bertz CT molecular complexity index is 1340. The molecule has 10 nitrogen and oxygen atoms in total. The lowest BCUT2D eigenvalue weighted by Gasteiger charge is -2.40. The van der Waals surface area contributed by atoms with Gasteiger partial charge in [0.1, 0.15) is 23.7 Å². The summed E-state index contributed by atoms with van der Waals surface area (Å²) in [6.07, 6.45) is 7.28. The number of likely N-dealkylation sites (tertiary alicyclic amines) is 1. The average Bonchev–Trinajstić information content (AvgIpc) is 3.62. The van der Waals surface area contributed by atoms with E-state index >= 15 is 0 Å². The van der Waals surface area contributed by atoms with Crippen molar-refractivity contribution in [1.29, 1.82) is 0 Å². The van der Waals surface area contributed by atoms with Crippen LogP contribution in [0, 0.1) is 31.6 Å². The number of esters is 1. The van der Waals surface area contributed by atoms with E-state index in [1.165, 1.54) is 4.90 Å². The largest absolute Gasteiger partial charge is 0.460 e. The molecule has 10 heteroatoms. The molecule has 1 spiro atoms. The maximum Gasteiger partial charge on any atom is 0.313 e. The minimum absolute atomic E-state index is 0.124. The molecular weight excluding hydrogens is 550 g/mol. The van der Waals surface area contributed by atoms with Gasteiger partial charge in [0.05, 0.1) is 31.2 Å². The summed E-state index contributed by atoms with van der Waals surface area (Å²) < 4.78 is 12.2. The van der Waals surface area contributed by atoms with Gasteiger partial charge in [-0.3, -0.25) is 19.2 Å². The van der Waals surface area contributed by atoms with Crippen molar-refractivity contribution in [2.75, 3.05) is 24.6 Å².